The van der Waals surface area contributed by atoms with E-state index in [1.54, 1.807) is 6.92 Å². The van der Waals surface area contributed by atoms with Gasteiger partial charge in [0.1, 0.15) is 5.00 Å². The van der Waals surface area contributed by atoms with Gasteiger partial charge >= 0.3 is 5.97 Å². The molecule has 1 atom stereocenters. The van der Waals surface area contributed by atoms with Gasteiger partial charge in [0.25, 0.3) is 15.7 Å². The van der Waals surface area contributed by atoms with Crippen LogP contribution in [0.25, 0.3) is 0 Å². The predicted octanol–water partition coefficient (Wildman–Crippen LogP) is 4.78. The Labute approximate surface area is 185 Å². The second kappa shape index (κ2) is 8.58. The fraction of sp³-hybridized carbons (Fsp3) is 0.476. The lowest BCUT2D eigenvalue weighted by molar-refractivity contribution is -0.387. The number of carbonyl (C=O) groups is 1. The Bertz CT molecular complexity index is 1120. The molecule has 10 heteroatoms. The predicted molar refractivity (Wildman–Crippen MR) is 119 cm³/mol. The van der Waals surface area contributed by atoms with Gasteiger partial charge < -0.3 is 4.74 Å². The number of carbonyl (C=O) groups excluding carboxylic acids is 1. The quantitative estimate of drug-likeness (QED) is 0.372. The van der Waals surface area contributed by atoms with Crippen molar-refractivity contribution >= 4 is 38.0 Å². The molecule has 0 saturated heterocycles. The van der Waals surface area contributed by atoms with Crippen molar-refractivity contribution in [3.63, 3.8) is 0 Å². The zero-order valence-electron chi connectivity index (χ0n) is 17.9. The van der Waals surface area contributed by atoms with Gasteiger partial charge in [-0.1, -0.05) is 32.9 Å². The summed E-state index contributed by atoms with van der Waals surface area (Å²) in [6, 6.07) is 5.13. The van der Waals surface area contributed by atoms with Gasteiger partial charge in [0, 0.05) is 10.9 Å². The monoisotopic (exact) mass is 466 g/mol. The van der Waals surface area contributed by atoms with E-state index in [1.165, 1.54) is 29.5 Å². The van der Waals surface area contributed by atoms with E-state index in [9.17, 15) is 23.3 Å². The number of nitrogens with one attached hydrogen (secondary N) is 1. The van der Waals surface area contributed by atoms with Crippen LogP contribution in [0.4, 0.5) is 10.7 Å². The Morgan fingerprint density at radius 3 is 2.61 bits per heavy atom. The summed E-state index contributed by atoms with van der Waals surface area (Å²) in [5, 5.41) is 11.5. The molecule has 0 aliphatic heterocycles. The van der Waals surface area contributed by atoms with Crippen LogP contribution in [0.1, 0.15) is 54.9 Å². The third-order valence-electron chi connectivity index (χ3n) is 5.55. The number of fused-ring (bicyclic) bond motifs is 1. The number of anilines is 1. The molecule has 0 bridgehead atoms. The molecule has 1 N–H and O–H groups in total. The highest BCUT2D eigenvalue weighted by Crippen LogP contribution is 2.45. The van der Waals surface area contributed by atoms with Crippen molar-refractivity contribution in [1.29, 1.82) is 0 Å². The average molecular weight is 467 g/mol. The zero-order chi connectivity index (χ0) is 23.0. The summed E-state index contributed by atoms with van der Waals surface area (Å²) in [5.41, 5.74) is 0.582. The van der Waals surface area contributed by atoms with Gasteiger partial charge in [-0.05, 0) is 49.1 Å². The van der Waals surface area contributed by atoms with Crippen LogP contribution in [-0.2, 0) is 27.6 Å². The third kappa shape index (κ3) is 4.74. The van der Waals surface area contributed by atoms with Crippen LogP contribution in [0, 0.1) is 21.4 Å². The summed E-state index contributed by atoms with van der Waals surface area (Å²) < 4.78 is 33.7. The first kappa shape index (κ1) is 23.2. The highest BCUT2D eigenvalue weighted by Gasteiger charge is 2.36. The summed E-state index contributed by atoms with van der Waals surface area (Å²) in [4.78, 5) is 23.8. The second-order valence-corrected chi connectivity index (χ2v) is 11.3. The number of rotatable bonds is 6. The van der Waals surface area contributed by atoms with Gasteiger partial charge in [0.05, 0.1) is 17.1 Å². The molecule has 31 heavy (non-hydrogen) atoms. The van der Waals surface area contributed by atoms with Crippen molar-refractivity contribution in [2.75, 3.05) is 11.3 Å². The number of nitrogens with zero attached hydrogens (tertiary/aromatic N) is 1. The lowest BCUT2D eigenvalue weighted by atomic mass is 9.72. The average Bonchev–Trinajstić information content (AvgIpc) is 3.03. The largest absolute Gasteiger partial charge is 0.462 e. The third-order valence-corrected chi connectivity index (χ3v) is 8.24. The summed E-state index contributed by atoms with van der Waals surface area (Å²) in [5.74, 6) is -0.192. The minimum Gasteiger partial charge on any atom is -0.462 e. The molecule has 0 amide bonds. The molecule has 0 saturated carbocycles. The van der Waals surface area contributed by atoms with Gasteiger partial charge in [-0.25, -0.2) is 13.2 Å². The number of hydrogen-bond donors (Lipinski definition) is 1. The van der Waals surface area contributed by atoms with Crippen LogP contribution in [0.15, 0.2) is 29.2 Å². The molecule has 1 aliphatic carbocycles. The van der Waals surface area contributed by atoms with E-state index in [2.05, 4.69) is 25.5 Å². The SMILES string of the molecule is CCOC(=O)c1c(NS(=O)(=O)c2ccccc2[N+](=O)[O-])sc2c1CCC(C(C)(C)C)C2. The number of hydrogen-bond acceptors (Lipinski definition) is 7. The highest BCUT2D eigenvalue weighted by atomic mass is 32.2. The van der Waals surface area contributed by atoms with E-state index in [-0.39, 0.29) is 22.6 Å². The van der Waals surface area contributed by atoms with Crippen LogP contribution < -0.4 is 4.72 Å². The molecule has 0 spiro atoms. The van der Waals surface area contributed by atoms with Crippen LogP contribution in [0.5, 0.6) is 0 Å². The maximum atomic E-state index is 13.0. The Morgan fingerprint density at radius 1 is 1.32 bits per heavy atom. The molecule has 2 aromatic rings. The number of esters is 1. The van der Waals surface area contributed by atoms with E-state index < -0.39 is 31.5 Å². The van der Waals surface area contributed by atoms with Gasteiger partial charge in [0.2, 0.25) is 0 Å². The fourth-order valence-electron chi connectivity index (χ4n) is 3.83. The summed E-state index contributed by atoms with van der Waals surface area (Å²) in [6.07, 6.45) is 2.27. The molecule has 0 fully saturated rings. The molecule has 3 rings (SSSR count). The number of thiophene rings is 1. The van der Waals surface area contributed by atoms with Crippen LogP contribution in [0.2, 0.25) is 0 Å². The fourth-order valence-corrected chi connectivity index (χ4v) is 6.62. The Balaban J connectivity index is 2.06. The molecule has 1 aliphatic rings. The Morgan fingerprint density at radius 2 is 2.00 bits per heavy atom. The van der Waals surface area contributed by atoms with E-state index >= 15 is 0 Å². The van der Waals surface area contributed by atoms with E-state index in [0.717, 1.165) is 29.3 Å². The number of nitro groups is 1. The van der Waals surface area contributed by atoms with Gasteiger partial charge in [0.15, 0.2) is 4.90 Å². The lowest BCUT2D eigenvalue weighted by Gasteiger charge is -2.33. The topological polar surface area (TPSA) is 116 Å². The van der Waals surface area contributed by atoms with Crippen molar-refractivity contribution in [3.8, 4) is 0 Å². The van der Waals surface area contributed by atoms with Gasteiger partial charge in [-0.15, -0.1) is 11.3 Å². The molecule has 1 aromatic carbocycles. The lowest BCUT2D eigenvalue weighted by Crippen LogP contribution is -2.26. The number of para-hydroxylation sites is 1. The normalized spacial score (nSPS) is 16.5. The zero-order valence-corrected chi connectivity index (χ0v) is 19.6. The standard InChI is InChI=1S/C21H26N2O6S2/c1-5-29-20(24)18-14-11-10-13(21(2,3)4)12-16(14)30-19(18)22-31(27,28)17-9-7-6-8-15(17)23(25)26/h6-9,13,22H,5,10-12H2,1-4H3. The number of benzene rings is 1. The summed E-state index contributed by atoms with van der Waals surface area (Å²) >= 11 is 1.21. The second-order valence-electron chi connectivity index (χ2n) is 8.56. The Hall–Kier alpha value is -2.46. The first-order valence-corrected chi connectivity index (χ1v) is 12.3. The maximum absolute atomic E-state index is 13.0. The smallest absolute Gasteiger partial charge is 0.341 e. The number of ether oxygens (including phenoxy) is 1. The van der Waals surface area contributed by atoms with Crippen molar-refractivity contribution in [2.24, 2.45) is 11.3 Å². The Kier molecular flexibility index (Phi) is 6.43. The summed E-state index contributed by atoms with van der Waals surface area (Å²) in [6.45, 7) is 8.34. The van der Waals surface area contributed by atoms with Gasteiger partial charge in [-0.2, -0.15) is 0 Å². The number of sulfonamides is 1. The van der Waals surface area contributed by atoms with Crippen LogP contribution in [0.3, 0.4) is 0 Å². The molecular weight excluding hydrogens is 440 g/mol. The first-order valence-electron chi connectivity index (χ1n) is 10.0. The minimum absolute atomic E-state index is 0.0795. The van der Waals surface area contributed by atoms with E-state index in [0.29, 0.717) is 12.3 Å². The molecule has 168 valence electrons. The maximum Gasteiger partial charge on any atom is 0.341 e. The molecule has 0 radical (unpaired) electrons. The molecule has 1 aromatic heterocycles. The first-order chi connectivity index (χ1) is 14.5. The highest BCUT2D eigenvalue weighted by molar-refractivity contribution is 7.93. The van der Waals surface area contributed by atoms with E-state index in [4.69, 9.17) is 4.74 Å². The molecule has 1 unspecified atom stereocenters. The van der Waals surface area contributed by atoms with Crippen LogP contribution >= 0.6 is 11.3 Å². The van der Waals surface area contributed by atoms with Crippen LogP contribution in [-0.4, -0.2) is 25.9 Å². The molecular formula is C21H26N2O6S2. The minimum atomic E-state index is -4.29. The van der Waals surface area contributed by atoms with Crippen molar-refractivity contribution in [2.45, 2.75) is 51.9 Å². The van der Waals surface area contributed by atoms with Crippen molar-refractivity contribution in [1.82, 2.24) is 0 Å². The van der Waals surface area contributed by atoms with Crippen molar-refractivity contribution in [3.05, 3.63) is 50.4 Å². The molecule has 8 nitrogen and oxygen atoms in total. The van der Waals surface area contributed by atoms with E-state index in [1.807, 2.05) is 0 Å². The molecule has 1 heterocycles. The van der Waals surface area contributed by atoms with Crippen molar-refractivity contribution < 1.29 is 22.9 Å². The summed E-state index contributed by atoms with van der Waals surface area (Å²) in [7, 11) is -4.29. The van der Waals surface area contributed by atoms with Gasteiger partial charge in [-0.3, -0.25) is 14.8 Å². The number of nitro benzene ring substituents is 1.